The van der Waals surface area contributed by atoms with E-state index in [1.807, 2.05) is 13.8 Å². The molecule has 0 unspecified atom stereocenters. The molecule has 2 aromatic carbocycles. The number of nitrogens with one attached hydrogen (secondary N) is 3. The van der Waals surface area contributed by atoms with Gasteiger partial charge in [0.1, 0.15) is 11.9 Å². The van der Waals surface area contributed by atoms with Crippen molar-refractivity contribution >= 4 is 39.5 Å². The van der Waals surface area contributed by atoms with Crippen LogP contribution in [-0.4, -0.2) is 47.0 Å². The Hall–Kier alpha value is -3.84. The Bertz CT molecular complexity index is 1300. The fourth-order valence-corrected chi connectivity index (χ4v) is 3.80. The van der Waals surface area contributed by atoms with E-state index in [1.54, 1.807) is 18.2 Å². The van der Waals surface area contributed by atoms with Gasteiger partial charge in [0.15, 0.2) is 0 Å². The van der Waals surface area contributed by atoms with Crippen molar-refractivity contribution in [3.05, 3.63) is 59.9 Å². The van der Waals surface area contributed by atoms with Crippen LogP contribution < -0.4 is 21.1 Å². The number of nitrogens with two attached hydrogens (primary N) is 1. The van der Waals surface area contributed by atoms with Gasteiger partial charge in [-0.15, -0.1) is 0 Å². The number of primary sulfonamides is 1. The van der Waals surface area contributed by atoms with Crippen LogP contribution in [0.25, 0.3) is 0 Å². The number of sulfonamides is 1. The van der Waals surface area contributed by atoms with E-state index in [9.17, 15) is 22.7 Å². The lowest BCUT2D eigenvalue weighted by Gasteiger charge is -2.17. The second-order valence-electron chi connectivity index (χ2n) is 8.47. The molecule has 1 aromatic heterocycles. The molecular formula is C23H28FN7O4S. The summed E-state index contributed by atoms with van der Waals surface area (Å²) >= 11 is 0. The maximum atomic E-state index is 13.6. The van der Waals surface area contributed by atoms with Crippen LogP contribution in [0.4, 0.5) is 27.9 Å². The number of carboxylic acid groups (broad SMARTS) is 1. The number of carbonyl (C=O) groups is 1. The topological polar surface area (TPSA) is 172 Å². The first-order valence-electron chi connectivity index (χ1n) is 11.1. The summed E-state index contributed by atoms with van der Waals surface area (Å²) in [5, 5.41) is 23.5. The summed E-state index contributed by atoms with van der Waals surface area (Å²) in [5.74, 6) is -1.07. The van der Waals surface area contributed by atoms with Gasteiger partial charge in [-0.3, -0.25) is 0 Å². The van der Waals surface area contributed by atoms with Gasteiger partial charge in [0.2, 0.25) is 27.9 Å². The lowest BCUT2D eigenvalue weighted by atomic mass is 10.0. The summed E-state index contributed by atoms with van der Waals surface area (Å²) in [6.07, 6.45) is 0.863. The van der Waals surface area contributed by atoms with Crippen LogP contribution in [0.5, 0.6) is 0 Å². The number of halogens is 1. The third kappa shape index (κ3) is 8.13. The molecule has 0 aliphatic carbocycles. The Labute approximate surface area is 208 Å². The first-order valence-corrected chi connectivity index (χ1v) is 12.7. The van der Waals surface area contributed by atoms with E-state index in [0.29, 0.717) is 25.1 Å². The lowest BCUT2D eigenvalue weighted by molar-refractivity contribution is -0.138. The first kappa shape index (κ1) is 26.8. The molecule has 1 atom stereocenters. The first-order chi connectivity index (χ1) is 17.0. The van der Waals surface area contributed by atoms with Crippen molar-refractivity contribution in [1.29, 1.82) is 0 Å². The third-order valence-electron chi connectivity index (χ3n) is 4.97. The lowest BCUT2D eigenvalue weighted by Crippen LogP contribution is -2.31. The molecule has 6 N–H and O–H groups in total. The monoisotopic (exact) mass is 517 g/mol. The van der Waals surface area contributed by atoms with Gasteiger partial charge in [-0.1, -0.05) is 32.0 Å². The van der Waals surface area contributed by atoms with Crippen molar-refractivity contribution in [1.82, 2.24) is 15.0 Å². The van der Waals surface area contributed by atoms with Crippen molar-refractivity contribution in [3.63, 3.8) is 0 Å². The summed E-state index contributed by atoms with van der Waals surface area (Å²) < 4.78 is 36.4. The number of nitrogens with zero attached hydrogens (tertiary/aromatic N) is 3. The number of carboxylic acids is 1. The summed E-state index contributed by atoms with van der Waals surface area (Å²) in [4.78, 5) is 24.6. The normalized spacial score (nSPS) is 12.2. The molecule has 0 fully saturated rings. The van der Waals surface area contributed by atoms with Gasteiger partial charge < -0.3 is 21.1 Å². The Morgan fingerprint density at radius 3 is 2.33 bits per heavy atom. The van der Waals surface area contributed by atoms with E-state index >= 15 is 0 Å². The van der Waals surface area contributed by atoms with Crippen molar-refractivity contribution in [2.75, 3.05) is 22.5 Å². The van der Waals surface area contributed by atoms with E-state index in [-0.39, 0.29) is 28.7 Å². The molecule has 0 saturated carbocycles. The molecule has 3 rings (SSSR count). The molecule has 1 heterocycles. The van der Waals surface area contributed by atoms with Crippen LogP contribution >= 0.6 is 0 Å². The Morgan fingerprint density at radius 1 is 1.06 bits per heavy atom. The van der Waals surface area contributed by atoms with E-state index in [4.69, 9.17) is 5.14 Å². The van der Waals surface area contributed by atoms with Gasteiger partial charge in [-0.2, -0.15) is 15.0 Å². The van der Waals surface area contributed by atoms with E-state index in [2.05, 4.69) is 30.9 Å². The van der Waals surface area contributed by atoms with Crippen LogP contribution in [0.1, 0.15) is 25.8 Å². The van der Waals surface area contributed by atoms with Crippen LogP contribution in [0.2, 0.25) is 0 Å². The van der Waals surface area contributed by atoms with Gasteiger partial charge >= 0.3 is 5.97 Å². The highest BCUT2D eigenvalue weighted by molar-refractivity contribution is 7.89. The quantitative estimate of drug-likeness (QED) is 0.240. The smallest absolute Gasteiger partial charge is 0.326 e. The van der Waals surface area contributed by atoms with Crippen LogP contribution in [0.3, 0.4) is 0 Å². The molecule has 0 amide bonds. The van der Waals surface area contributed by atoms with Crippen LogP contribution in [0, 0.1) is 11.7 Å². The number of aliphatic carboxylic acids is 1. The number of hydrogen-bond acceptors (Lipinski definition) is 9. The molecule has 0 spiro atoms. The van der Waals surface area contributed by atoms with Gasteiger partial charge in [-0.05, 0) is 54.7 Å². The predicted octanol–water partition coefficient (Wildman–Crippen LogP) is 2.97. The van der Waals surface area contributed by atoms with E-state index in [1.165, 1.54) is 30.3 Å². The average molecular weight is 518 g/mol. The number of anilines is 4. The van der Waals surface area contributed by atoms with Crippen molar-refractivity contribution in [3.8, 4) is 0 Å². The van der Waals surface area contributed by atoms with Gasteiger partial charge in [0.25, 0.3) is 0 Å². The Balaban J connectivity index is 1.78. The number of hydrogen-bond donors (Lipinski definition) is 5. The minimum Gasteiger partial charge on any atom is -0.480 e. The maximum Gasteiger partial charge on any atom is 0.326 e. The molecule has 36 heavy (non-hydrogen) atoms. The Morgan fingerprint density at radius 2 is 1.72 bits per heavy atom. The predicted molar refractivity (Wildman–Crippen MR) is 134 cm³/mol. The van der Waals surface area contributed by atoms with Crippen LogP contribution in [-0.2, 0) is 21.2 Å². The molecular weight excluding hydrogens is 489 g/mol. The molecule has 0 saturated heterocycles. The van der Waals surface area contributed by atoms with Gasteiger partial charge in [-0.25, -0.2) is 22.7 Å². The number of rotatable bonds is 12. The minimum absolute atomic E-state index is 0.0230. The van der Waals surface area contributed by atoms with Crippen molar-refractivity contribution in [2.24, 2.45) is 11.1 Å². The highest BCUT2D eigenvalue weighted by atomic mass is 32.2. The molecule has 0 aliphatic rings. The second-order valence-corrected chi connectivity index (χ2v) is 10.0. The second kappa shape index (κ2) is 11.7. The highest BCUT2D eigenvalue weighted by Gasteiger charge is 2.21. The Kier molecular flexibility index (Phi) is 8.72. The minimum atomic E-state index is -3.77. The number of aromatic nitrogens is 3. The molecule has 0 bridgehead atoms. The zero-order valence-electron chi connectivity index (χ0n) is 19.8. The summed E-state index contributed by atoms with van der Waals surface area (Å²) in [7, 11) is -3.77. The highest BCUT2D eigenvalue weighted by Crippen LogP contribution is 2.18. The molecule has 13 heteroatoms. The summed E-state index contributed by atoms with van der Waals surface area (Å²) in [5.41, 5.74) is 1.26. The maximum absolute atomic E-state index is 13.6. The fraction of sp³-hybridized carbons (Fsp3) is 0.304. The zero-order chi connectivity index (χ0) is 26.3. The molecule has 192 valence electrons. The largest absolute Gasteiger partial charge is 0.480 e. The molecule has 0 aliphatic heterocycles. The molecule has 3 aromatic rings. The van der Waals surface area contributed by atoms with Crippen molar-refractivity contribution < 1.29 is 22.7 Å². The average Bonchev–Trinajstić information content (AvgIpc) is 2.78. The van der Waals surface area contributed by atoms with Gasteiger partial charge in [0, 0.05) is 12.2 Å². The zero-order valence-corrected chi connectivity index (χ0v) is 20.6. The summed E-state index contributed by atoms with van der Waals surface area (Å²) in [6.45, 7) is 4.20. The third-order valence-corrected chi connectivity index (χ3v) is 5.90. The van der Waals surface area contributed by atoms with Gasteiger partial charge in [0.05, 0.1) is 4.90 Å². The molecule has 11 nitrogen and oxygen atoms in total. The van der Waals surface area contributed by atoms with Crippen molar-refractivity contribution in [2.45, 2.75) is 37.6 Å². The SMILES string of the molecule is CC(C)C[C@@H](Nc1nc(NCCc2ccc(S(N)(=O)=O)cc2)nc(Nc2cccc(F)c2)n1)C(=O)O. The van der Waals surface area contributed by atoms with E-state index in [0.717, 1.165) is 5.56 Å². The van der Waals surface area contributed by atoms with Crippen LogP contribution in [0.15, 0.2) is 53.4 Å². The van der Waals surface area contributed by atoms with E-state index < -0.39 is 27.9 Å². The summed E-state index contributed by atoms with van der Waals surface area (Å²) in [6, 6.07) is 11.0. The number of benzene rings is 2. The fourth-order valence-electron chi connectivity index (χ4n) is 3.28. The molecule has 0 radical (unpaired) electrons. The standard InChI is InChI=1S/C23H28FN7O4S/c1-14(2)12-19(20(32)33)28-23-30-21(29-22(31-23)27-17-5-3-4-16(24)13-17)26-11-10-15-6-8-18(9-7-15)36(25,34)35/h3-9,13-14,19H,10-12H2,1-2H3,(H,32,33)(H2,25,34,35)(H3,26,27,28,29,30,31)/t19-/m1/s1.